The molecule has 3 aromatic carbocycles. The summed E-state index contributed by atoms with van der Waals surface area (Å²) in [4.78, 5) is 24.5. The van der Waals surface area contributed by atoms with Crippen LogP contribution in [0, 0.1) is 5.82 Å². The number of sulfonamides is 1. The van der Waals surface area contributed by atoms with E-state index in [1.807, 2.05) is 0 Å². The number of halogens is 1. The van der Waals surface area contributed by atoms with E-state index in [2.05, 4.69) is 5.10 Å². The van der Waals surface area contributed by atoms with Crippen LogP contribution in [0.1, 0.15) is 10.5 Å². The van der Waals surface area contributed by atoms with Crippen molar-refractivity contribution in [3.63, 3.8) is 0 Å². The highest BCUT2D eigenvalue weighted by Gasteiger charge is 2.19. The first-order valence-corrected chi connectivity index (χ1v) is 13.1. The standard InChI is InChI=1S/C27H20FN3O7S/c28-18-5-3-4-17(14-18)23-15-22(30-31(23)19-8-10-20(11-9-19)39(29,34)35)27(33)37-13-12-36-25-16-26(32)38-24-7-2-1-6-21(24)25/h1-11,14-16H,12-13H2,(H2,29,34,35). The van der Waals surface area contributed by atoms with Gasteiger partial charge < -0.3 is 13.9 Å². The Morgan fingerprint density at radius 3 is 2.49 bits per heavy atom. The minimum Gasteiger partial charge on any atom is -0.489 e. The highest BCUT2D eigenvalue weighted by Crippen LogP contribution is 2.26. The molecule has 198 valence electrons. The fraction of sp³-hybridized carbons (Fsp3) is 0.0741. The third-order valence-corrected chi connectivity index (χ3v) is 6.56. The number of hydrogen-bond donors (Lipinski definition) is 1. The molecule has 0 fully saturated rings. The fourth-order valence-corrected chi connectivity index (χ4v) is 4.38. The van der Waals surface area contributed by atoms with Crippen LogP contribution in [0.3, 0.4) is 0 Å². The Labute approximate surface area is 221 Å². The number of fused-ring (bicyclic) bond motifs is 1. The first kappa shape index (κ1) is 25.8. The summed E-state index contributed by atoms with van der Waals surface area (Å²) in [5, 5.41) is 10.1. The third-order valence-electron chi connectivity index (χ3n) is 5.63. The second kappa shape index (κ2) is 10.5. The van der Waals surface area contributed by atoms with Gasteiger partial charge in [-0.05, 0) is 54.6 Å². The first-order chi connectivity index (χ1) is 18.7. The quantitative estimate of drug-likeness (QED) is 0.175. The molecule has 2 aromatic heterocycles. The van der Waals surface area contributed by atoms with Gasteiger partial charge in [-0.1, -0.05) is 24.3 Å². The van der Waals surface area contributed by atoms with Crippen molar-refractivity contribution in [2.24, 2.45) is 5.14 Å². The molecular weight excluding hydrogens is 529 g/mol. The lowest BCUT2D eigenvalue weighted by Crippen LogP contribution is -2.14. The number of primary sulfonamides is 1. The number of rotatable bonds is 8. The van der Waals surface area contributed by atoms with E-state index >= 15 is 0 Å². The molecule has 39 heavy (non-hydrogen) atoms. The summed E-state index contributed by atoms with van der Waals surface area (Å²) in [6.45, 7) is -0.204. The number of para-hydroxylation sites is 1. The number of esters is 1. The second-order valence-corrected chi connectivity index (χ2v) is 9.85. The Hall–Kier alpha value is -4.81. The van der Waals surface area contributed by atoms with Gasteiger partial charge in [-0.3, -0.25) is 0 Å². The normalized spacial score (nSPS) is 11.4. The minimum absolute atomic E-state index is 0.0499. The van der Waals surface area contributed by atoms with E-state index < -0.39 is 27.4 Å². The number of ether oxygens (including phenoxy) is 2. The van der Waals surface area contributed by atoms with Crippen LogP contribution in [0.25, 0.3) is 27.9 Å². The Bertz CT molecular complexity index is 1850. The summed E-state index contributed by atoms with van der Waals surface area (Å²) in [6, 6.07) is 20.7. The van der Waals surface area contributed by atoms with Crippen molar-refractivity contribution in [1.29, 1.82) is 0 Å². The average molecular weight is 550 g/mol. The molecule has 0 saturated carbocycles. The van der Waals surface area contributed by atoms with Crippen LogP contribution in [-0.4, -0.2) is 37.4 Å². The van der Waals surface area contributed by atoms with Crippen molar-refractivity contribution in [3.8, 4) is 22.7 Å². The molecular formula is C27H20FN3O7S. The average Bonchev–Trinajstić information content (AvgIpc) is 3.36. The van der Waals surface area contributed by atoms with Crippen LogP contribution >= 0.6 is 0 Å². The molecule has 10 nitrogen and oxygen atoms in total. The van der Waals surface area contributed by atoms with E-state index in [1.165, 1.54) is 59.3 Å². The number of benzene rings is 3. The number of nitrogens with zero attached hydrogens (tertiary/aromatic N) is 2. The zero-order valence-electron chi connectivity index (χ0n) is 20.1. The number of carbonyl (C=O) groups excluding carboxylic acids is 1. The van der Waals surface area contributed by atoms with Gasteiger partial charge >= 0.3 is 11.6 Å². The van der Waals surface area contributed by atoms with E-state index in [-0.39, 0.29) is 23.8 Å². The van der Waals surface area contributed by atoms with Gasteiger partial charge in [0.15, 0.2) is 5.69 Å². The molecule has 0 bridgehead atoms. The molecule has 2 N–H and O–H groups in total. The molecule has 5 rings (SSSR count). The predicted octanol–water partition coefficient (Wildman–Crippen LogP) is 3.67. The van der Waals surface area contributed by atoms with E-state index in [0.29, 0.717) is 33.7 Å². The SMILES string of the molecule is NS(=O)(=O)c1ccc(-n2nc(C(=O)OCCOc3cc(=O)oc4ccccc34)cc2-c2cccc(F)c2)cc1. The number of hydrogen-bond acceptors (Lipinski definition) is 8. The summed E-state index contributed by atoms with van der Waals surface area (Å²) < 4.78 is 54.6. The van der Waals surface area contributed by atoms with Gasteiger partial charge in [-0.2, -0.15) is 5.10 Å². The topological polar surface area (TPSA) is 144 Å². The highest BCUT2D eigenvalue weighted by atomic mass is 32.2. The zero-order valence-corrected chi connectivity index (χ0v) is 20.9. The Kier molecular flexibility index (Phi) is 6.96. The maximum absolute atomic E-state index is 14.0. The summed E-state index contributed by atoms with van der Waals surface area (Å²) in [6.07, 6.45) is 0. The number of aromatic nitrogens is 2. The van der Waals surface area contributed by atoms with Gasteiger partial charge in [0.05, 0.1) is 27.7 Å². The van der Waals surface area contributed by atoms with Gasteiger partial charge in [0.2, 0.25) is 10.0 Å². The van der Waals surface area contributed by atoms with Crippen LogP contribution in [0.2, 0.25) is 0 Å². The monoisotopic (exact) mass is 549 g/mol. The molecule has 0 spiro atoms. The highest BCUT2D eigenvalue weighted by molar-refractivity contribution is 7.89. The number of nitrogens with two attached hydrogens (primary N) is 1. The van der Waals surface area contributed by atoms with Crippen LogP contribution < -0.4 is 15.5 Å². The summed E-state index contributed by atoms with van der Waals surface area (Å²) in [5.74, 6) is -0.972. The van der Waals surface area contributed by atoms with E-state index in [9.17, 15) is 22.4 Å². The first-order valence-electron chi connectivity index (χ1n) is 11.5. The lowest BCUT2D eigenvalue weighted by molar-refractivity contribution is 0.0443. The molecule has 0 aliphatic rings. The van der Waals surface area contributed by atoms with Gasteiger partial charge in [0.1, 0.15) is 30.4 Å². The third kappa shape index (κ3) is 5.71. The Morgan fingerprint density at radius 1 is 0.974 bits per heavy atom. The maximum Gasteiger partial charge on any atom is 0.358 e. The molecule has 0 aliphatic heterocycles. The summed E-state index contributed by atoms with van der Waals surface area (Å²) in [7, 11) is -3.91. The lowest BCUT2D eigenvalue weighted by Gasteiger charge is -2.09. The fourth-order valence-electron chi connectivity index (χ4n) is 3.87. The molecule has 0 aliphatic carbocycles. The van der Waals surface area contributed by atoms with E-state index in [0.717, 1.165) is 0 Å². The van der Waals surface area contributed by atoms with Gasteiger partial charge in [0.25, 0.3) is 0 Å². The smallest absolute Gasteiger partial charge is 0.358 e. The van der Waals surface area contributed by atoms with Crippen LogP contribution in [0.15, 0.2) is 99.0 Å². The summed E-state index contributed by atoms with van der Waals surface area (Å²) >= 11 is 0. The minimum atomic E-state index is -3.91. The molecule has 0 radical (unpaired) electrons. The second-order valence-electron chi connectivity index (χ2n) is 8.29. The van der Waals surface area contributed by atoms with Gasteiger partial charge in [-0.15, -0.1) is 0 Å². The van der Waals surface area contributed by atoms with E-state index in [1.54, 1.807) is 30.3 Å². The van der Waals surface area contributed by atoms with Crippen LogP contribution in [-0.2, 0) is 14.8 Å². The molecule has 5 aromatic rings. The Balaban J connectivity index is 1.36. The van der Waals surface area contributed by atoms with E-state index in [4.69, 9.17) is 19.0 Å². The summed E-state index contributed by atoms with van der Waals surface area (Å²) in [5.41, 5.74) is 0.908. The molecule has 0 unspecified atom stereocenters. The van der Waals surface area contributed by atoms with Crippen molar-refractivity contribution in [1.82, 2.24) is 9.78 Å². The lowest BCUT2D eigenvalue weighted by atomic mass is 10.1. The van der Waals surface area contributed by atoms with Crippen LogP contribution in [0.5, 0.6) is 5.75 Å². The molecule has 0 amide bonds. The van der Waals surface area contributed by atoms with Crippen molar-refractivity contribution in [2.45, 2.75) is 4.90 Å². The van der Waals surface area contributed by atoms with Crippen molar-refractivity contribution < 1.29 is 31.5 Å². The maximum atomic E-state index is 14.0. The molecule has 0 saturated heterocycles. The van der Waals surface area contributed by atoms with Crippen molar-refractivity contribution >= 4 is 27.0 Å². The van der Waals surface area contributed by atoms with Crippen LogP contribution in [0.4, 0.5) is 4.39 Å². The molecule has 12 heteroatoms. The van der Waals surface area contributed by atoms with Gasteiger partial charge in [-0.25, -0.2) is 32.2 Å². The predicted molar refractivity (Wildman–Crippen MR) is 139 cm³/mol. The van der Waals surface area contributed by atoms with Gasteiger partial charge in [0, 0.05) is 5.56 Å². The van der Waals surface area contributed by atoms with Crippen molar-refractivity contribution in [3.05, 3.63) is 107 Å². The Morgan fingerprint density at radius 2 is 1.74 bits per heavy atom. The van der Waals surface area contributed by atoms with Crippen molar-refractivity contribution in [2.75, 3.05) is 13.2 Å². The molecule has 0 atom stereocenters. The zero-order chi connectivity index (χ0) is 27.6. The molecule has 2 heterocycles. The number of carbonyl (C=O) groups is 1. The largest absolute Gasteiger partial charge is 0.489 e.